The maximum atomic E-state index is 12.4. The van der Waals surface area contributed by atoms with Crippen LogP contribution in [0.3, 0.4) is 0 Å². The number of halogens is 1. The molecule has 25 heavy (non-hydrogen) atoms. The molecule has 1 fully saturated rings. The van der Waals surface area contributed by atoms with Crippen molar-refractivity contribution in [1.29, 1.82) is 0 Å². The van der Waals surface area contributed by atoms with Crippen LogP contribution in [0.2, 0.25) is 0 Å². The third kappa shape index (κ3) is 3.88. The first-order valence-electron chi connectivity index (χ1n) is 7.70. The maximum Gasteiger partial charge on any atom is 0.248 e. The monoisotopic (exact) mass is 401 g/mol. The normalized spacial score (nSPS) is 16.8. The summed E-state index contributed by atoms with van der Waals surface area (Å²) in [5, 5.41) is 2.77. The van der Waals surface area contributed by atoms with Crippen molar-refractivity contribution in [3.63, 3.8) is 0 Å². The molecule has 1 unspecified atom stereocenters. The predicted molar refractivity (Wildman–Crippen MR) is 98.2 cm³/mol. The van der Waals surface area contributed by atoms with E-state index in [4.69, 9.17) is 5.73 Å². The Labute approximate surface area is 153 Å². The summed E-state index contributed by atoms with van der Waals surface area (Å²) in [6.07, 6.45) is 0.164. The van der Waals surface area contributed by atoms with Gasteiger partial charge in [0.2, 0.25) is 17.7 Å². The zero-order chi connectivity index (χ0) is 18.0. The third-order valence-electron chi connectivity index (χ3n) is 4.05. The molecule has 1 saturated heterocycles. The highest BCUT2D eigenvalue weighted by Gasteiger charge is 2.35. The van der Waals surface area contributed by atoms with Gasteiger partial charge in [-0.25, -0.2) is 0 Å². The number of carbonyl (C=O) groups excluding carboxylic acids is 3. The van der Waals surface area contributed by atoms with Crippen LogP contribution in [0.5, 0.6) is 0 Å². The number of nitrogens with two attached hydrogens (primary N) is 1. The van der Waals surface area contributed by atoms with Gasteiger partial charge in [-0.2, -0.15) is 0 Å². The minimum atomic E-state index is -0.524. The summed E-state index contributed by atoms with van der Waals surface area (Å²) >= 11 is 3.38. The number of carbonyl (C=O) groups is 3. The van der Waals surface area contributed by atoms with E-state index in [2.05, 4.69) is 21.2 Å². The van der Waals surface area contributed by atoms with Gasteiger partial charge in [0.25, 0.3) is 0 Å². The predicted octanol–water partition coefficient (Wildman–Crippen LogP) is 2.54. The second-order valence-electron chi connectivity index (χ2n) is 5.82. The highest BCUT2D eigenvalue weighted by atomic mass is 79.9. The lowest BCUT2D eigenvalue weighted by molar-refractivity contribution is -0.122. The van der Waals surface area contributed by atoms with Crippen LogP contribution in [-0.2, 0) is 9.59 Å². The fourth-order valence-corrected chi connectivity index (χ4v) is 3.13. The number of nitrogens with zero attached hydrogens (tertiary/aromatic N) is 1. The first-order chi connectivity index (χ1) is 11.9. The molecule has 7 heteroatoms. The first kappa shape index (κ1) is 17.2. The summed E-state index contributed by atoms with van der Waals surface area (Å²) in [4.78, 5) is 37.4. The fraction of sp³-hybridized carbons (Fsp3) is 0.167. The van der Waals surface area contributed by atoms with Gasteiger partial charge in [-0.15, -0.1) is 0 Å². The van der Waals surface area contributed by atoms with E-state index in [0.717, 1.165) is 10.2 Å². The van der Waals surface area contributed by atoms with Gasteiger partial charge in [0.05, 0.1) is 5.92 Å². The summed E-state index contributed by atoms with van der Waals surface area (Å²) < 4.78 is 0.875. The second kappa shape index (κ2) is 7.06. The van der Waals surface area contributed by atoms with E-state index in [1.807, 2.05) is 24.3 Å². The van der Waals surface area contributed by atoms with Crippen molar-refractivity contribution in [2.24, 2.45) is 11.7 Å². The maximum absolute atomic E-state index is 12.4. The van der Waals surface area contributed by atoms with E-state index in [1.165, 1.54) is 0 Å². The molecule has 3 amide bonds. The molecule has 0 aromatic heterocycles. The van der Waals surface area contributed by atoms with E-state index in [0.29, 0.717) is 17.8 Å². The Kier molecular flexibility index (Phi) is 4.85. The lowest BCUT2D eigenvalue weighted by Crippen LogP contribution is -2.28. The number of primary amides is 1. The van der Waals surface area contributed by atoms with Crippen molar-refractivity contribution in [1.82, 2.24) is 0 Å². The Hall–Kier alpha value is -2.67. The Morgan fingerprint density at radius 2 is 1.88 bits per heavy atom. The highest BCUT2D eigenvalue weighted by Crippen LogP contribution is 2.28. The van der Waals surface area contributed by atoms with Crippen LogP contribution in [0.25, 0.3) is 0 Å². The summed E-state index contributed by atoms with van der Waals surface area (Å²) in [6.45, 7) is 0.334. The highest BCUT2D eigenvalue weighted by molar-refractivity contribution is 9.10. The average Bonchev–Trinajstić information content (AvgIpc) is 2.97. The van der Waals surface area contributed by atoms with Crippen molar-refractivity contribution in [2.45, 2.75) is 6.42 Å². The van der Waals surface area contributed by atoms with Crippen molar-refractivity contribution in [2.75, 3.05) is 16.8 Å². The summed E-state index contributed by atoms with van der Waals surface area (Å²) in [6, 6.07) is 13.7. The lowest BCUT2D eigenvalue weighted by atomic mass is 10.1. The number of benzene rings is 2. The van der Waals surface area contributed by atoms with Crippen LogP contribution in [0.4, 0.5) is 11.4 Å². The van der Waals surface area contributed by atoms with Gasteiger partial charge in [0.15, 0.2) is 0 Å². The van der Waals surface area contributed by atoms with E-state index < -0.39 is 11.8 Å². The molecule has 1 atom stereocenters. The van der Waals surface area contributed by atoms with Crippen molar-refractivity contribution in [3.05, 3.63) is 58.6 Å². The largest absolute Gasteiger partial charge is 0.366 e. The number of rotatable bonds is 4. The van der Waals surface area contributed by atoms with Gasteiger partial charge in [0, 0.05) is 34.4 Å². The molecular weight excluding hydrogens is 386 g/mol. The summed E-state index contributed by atoms with van der Waals surface area (Å²) in [7, 11) is 0. The van der Waals surface area contributed by atoms with Crippen LogP contribution < -0.4 is 16.0 Å². The molecule has 3 N–H and O–H groups in total. The molecule has 2 aromatic carbocycles. The Morgan fingerprint density at radius 1 is 1.16 bits per heavy atom. The molecule has 1 heterocycles. The molecule has 6 nitrogen and oxygen atoms in total. The Bertz CT molecular complexity index is 836. The van der Waals surface area contributed by atoms with Crippen LogP contribution in [0, 0.1) is 5.92 Å². The van der Waals surface area contributed by atoms with Crippen LogP contribution >= 0.6 is 15.9 Å². The van der Waals surface area contributed by atoms with Gasteiger partial charge in [-0.1, -0.05) is 22.0 Å². The zero-order valence-corrected chi connectivity index (χ0v) is 14.8. The molecular formula is C18H16BrN3O3. The van der Waals surface area contributed by atoms with Gasteiger partial charge in [-0.3, -0.25) is 14.4 Å². The minimum Gasteiger partial charge on any atom is -0.366 e. The molecule has 0 bridgehead atoms. The van der Waals surface area contributed by atoms with Gasteiger partial charge in [-0.05, 0) is 42.5 Å². The minimum absolute atomic E-state index is 0.0812. The van der Waals surface area contributed by atoms with E-state index in [-0.39, 0.29) is 18.2 Å². The summed E-state index contributed by atoms with van der Waals surface area (Å²) in [5.41, 5.74) is 6.88. The standard InChI is InChI=1S/C18H16BrN3O3/c19-13-2-1-3-15(9-13)22-10-12(8-16(22)23)18(25)21-14-6-4-11(5-7-14)17(20)24/h1-7,9,12H,8,10H2,(H2,20,24)(H,21,25). The van der Waals surface area contributed by atoms with Gasteiger partial charge >= 0.3 is 0 Å². The molecule has 1 aliphatic rings. The van der Waals surface area contributed by atoms with Crippen molar-refractivity contribution < 1.29 is 14.4 Å². The Balaban J connectivity index is 1.67. The van der Waals surface area contributed by atoms with Crippen LogP contribution in [-0.4, -0.2) is 24.3 Å². The molecule has 1 aliphatic heterocycles. The quantitative estimate of drug-likeness (QED) is 0.823. The molecule has 128 valence electrons. The average molecular weight is 402 g/mol. The first-order valence-corrected chi connectivity index (χ1v) is 8.50. The number of amides is 3. The number of hydrogen-bond donors (Lipinski definition) is 2. The fourth-order valence-electron chi connectivity index (χ4n) is 2.74. The molecule has 0 spiro atoms. The van der Waals surface area contributed by atoms with Crippen molar-refractivity contribution in [3.8, 4) is 0 Å². The van der Waals surface area contributed by atoms with Gasteiger partial charge in [0.1, 0.15) is 0 Å². The molecule has 0 aliphatic carbocycles. The third-order valence-corrected chi connectivity index (χ3v) is 4.55. The van der Waals surface area contributed by atoms with E-state index >= 15 is 0 Å². The smallest absolute Gasteiger partial charge is 0.248 e. The molecule has 0 radical (unpaired) electrons. The topological polar surface area (TPSA) is 92.5 Å². The van der Waals surface area contributed by atoms with Gasteiger partial charge < -0.3 is 16.0 Å². The van der Waals surface area contributed by atoms with Crippen LogP contribution in [0.1, 0.15) is 16.8 Å². The van der Waals surface area contributed by atoms with E-state index in [1.54, 1.807) is 29.2 Å². The SMILES string of the molecule is NC(=O)c1ccc(NC(=O)C2CC(=O)N(c3cccc(Br)c3)C2)cc1. The second-order valence-corrected chi connectivity index (χ2v) is 6.73. The summed E-state index contributed by atoms with van der Waals surface area (Å²) in [5.74, 6) is -1.26. The van der Waals surface area contributed by atoms with Crippen LogP contribution in [0.15, 0.2) is 53.0 Å². The van der Waals surface area contributed by atoms with E-state index in [9.17, 15) is 14.4 Å². The number of hydrogen-bond acceptors (Lipinski definition) is 3. The Morgan fingerprint density at radius 3 is 2.52 bits per heavy atom. The number of anilines is 2. The molecule has 3 rings (SSSR count). The zero-order valence-electron chi connectivity index (χ0n) is 13.2. The molecule has 2 aromatic rings. The molecule has 0 saturated carbocycles. The number of nitrogens with one attached hydrogen (secondary N) is 1. The van der Waals surface area contributed by atoms with Crippen molar-refractivity contribution >= 4 is 45.0 Å². The lowest BCUT2D eigenvalue weighted by Gasteiger charge is -2.17.